The fourth-order valence-electron chi connectivity index (χ4n) is 4.25. The molecule has 0 aromatic heterocycles. The fraction of sp³-hybridized carbons (Fsp3) is 0.692. The van der Waals surface area contributed by atoms with E-state index in [0.717, 1.165) is 6.92 Å². The zero-order valence-corrected chi connectivity index (χ0v) is 11.8. The van der Waals surface area contributed by atoms with E-state index in [0.29, 0.717) is 0 Å². The van der Waals surface area contributed by atoms with Gasteiger partial charge in [0.1, 0.15) is 0 Å². The molecular formula is C13H14F2O8. The van der Waals surface area contributed by atoms with Gasteiger partial charge in [-0.25, -0.2) is 18.4 Å². The van der Waals surface area contributed by atoms with Crippen molar-refractivity contribution < 1.29 is 48.4 Å². The van der Waals surface area contributed by atoms with Crippen molar-refractivity contribution in [1.29, 1.82) is 0 Å². The first kappa shape index (κ1) is 17.1. The van der Waals surface area contributed by atoms with Crippen LogP contribution < -0.4 is 0 Å². The van der Waals surface area contributed by atoms with Crippen LogP contribution in [0, 0.1) is 29.6 Å². The molecule has 2 fully saturated rings. The molecule has 10 heteroatoms. The van der Waals surface area contributed by atoms with Gasteiger partial charge in [-0.15, -0.1) is 0 Å². The van der Waals surface area contributed by atoms with Crippen molar-refractivity contribution in [3.63, 3.8) is 0 Å². The Morgan fingerprint density at radius 2 is 1.39 bits per heavy atom. The highest BCUT2D eigenvalue weighted by Crippen LogP contribution is 2.66. The normalized spacial score (nSPS) is 45.4. The van der Waals surface area contributed by atoms with E-state index in [-0.39, 0.29) is 0 Å². The smallest absolute Gasteiger partial charge is 0.345 e. The predicted molar refractivity (Wildman–Crippen MR) is 66.0 cm³/mol. The van der Waals surface area contributed by atoms with Crippen LogP contribution in [0.1, 0.15) is 13.3 Å². The van der Waals surface area contributed by atoms with Gasteiger partial charge in [0.15, 0.2) is 0 Å². The summed E-state index contributed by atoms with van der Waals surface area (Å²) in [7, 11) is 0. The quantitative estimate of drug-likeness (QED) is 0.571. The monoisotopic (exact) mass is 336 g/mol. The third-order valence-electron chi connectivity index (χ3n) is 5.23. The summed E-state index contributed by atoms with van der Waals surface area (Å²) < 4.78 is 29.5. The highest BCUT2D eigenvalue weighted by atomic mass is 19.2. The maximum Gasteiger partial charge on any atom is 0.345 e. The first-order valence-corrected chi connectivity index (χ1v) is 6.72. The highest BCUT2D eigenvalue weighted by Gasteiger charge is 2.85. The summed E-state index contributed by atoms with van der Waals surface area (Å²) in [5.41, 5.74) is -7.60. The first-order valence-electron chi connectivity index (χ1n) is 6.72. The number of fused-ring (bicyclic) bond motifs is 1. The molecule has 2 aliphatic carbocycles. The van der Waals surface area contributed by atoms with Crippen LogP contribution in [0.4, 0.5) is 8.78 Å². The maximum absolute atomic E-state index is 14.8. The molecule has 0 bridgehead atoms. The summed E-state index contributed by atoms with van der Waals surface area (Å²) in [4.78, 5) is 44.8. The lowest BCUT2D eigenvalue weighted by atomic mass is 9.42. The Balaban J connectivity index is 2.56. The Morgan fingerprint density at radius 3 is 1.74 bits per heavy atom. The van der Waals surface area contributed by atoms with E-state index in [1.165, 1.54) is 0 Å². The summed E-state index contributed by atoms with van der Waals surface area (Å²) in [5.74, 6) is -15.9. The minimum absolute atomic E-state index is 0.761. The van der Waals surface area contributed by atoms with Crippen molar-refractivity contribution in [3.05, 3.63) is 0 Å². The standard InChI is InChI=1S/C13H14F2O8/c1-3-6(9(18)19)4(8(16)17)2-5-7(3)13(15,11(22)23)12(5,14)10(20)21/h3-7H,2H2,1H3,(H,16,17)(H,18,19)(H,20,21)(H,22,23). The van der Waals surface area contributed by atoms with Crippen LogP contribution in [0.15, 0.2) is 0 Å². The predicted octanol–water partition coefficient (Wildman–Crippen LogP) is 0.260. The Kier molecular flexibility index (Phi) is 3.62. The van der Waals surface area contributed by atoms with Crippen molar-refractivity contribution >= 4 is 23.9 Å². The van der Waals surface area contributed by atoms with Crippen molar-refractivity contribution in [2.45, 2.75) is 24.7 Å². The fourth-order valence-corrected chi connectivity index (χ4v) is 4.25. The largest absolute Gasteiger partial charge is 0.481 e. The van der Waals surface area contributed by atoms with Gasteiger partial charge in [0.2, 0.25) is 0 Å². The van der Waals surface area contributed by atoms with Gasteiger partial charge in [0.05, 0.1) is 11.8 Å². The molecule has 23 heavy (non-hydrogen) atoms. The lowest BCUT2D eigenvalue weighted by Gasteiger charge is -2.61. The third kappa shape index (κ3) is 1.80. The molecule has 2 aliphatic rings. The minimum atomic E-state index is -3.81. The van der Waals surface area contributed by atoms with Crippen LogP contribution in [0.5, 0.6) is 0 Å². The molecule has 0 spiro atoms. The lowest BCUT2D eigenvalue weighted by Crippen LogP contribution is -2.81. The number of rotatable bonds is 4. The molecule has 8 nitrogen and oxygen atoms in total. The second kappa shape index (κ2) is 4.87. The van der Waals surface area contributed by atoms with Crippen molar-refractivity contribution in [2.24, 2.45) is 29.6 Å². The Hall–Kier alpha value is -2.26. The molecule has 0 aliphatic heterocycles. The van der Waals surface area contributed by atoms with Crippen LogP contribution in [-0.2, 0) is 19.2 Å². The summed E-state index contributed by atoms with van der Waals surface area (Å²) >= 11 is 0. The van der Waals surface area contributed by atoms with Crippen LogP contribution in [-0.4, -0.2) is 55.6 Å². The van der Waals surface area contributed by atoms with Crippen LogP contribution in [0.2, 0.25) is 0 Å². The van der Waals surface area contributed by atoms with Crippen LogP contribution in [0.25, 0.3) is 0 Å². The summed E-state index contributed by atoms with van der Waals surface area (Å²) in [5, 5.41) is 36.2. The summed E-state index contributed by atoms with van der Waals surface area (Å²) in [6.07, 6.45) is -0.761. The number of hydrogen-bond acceptors (Lipinski definition) is 4. The van der Waals surface area contributed by atoms with Gasteiger partial charge in [-0.1, -0.05) is 6.92 Å². The van der Waals surface area contributed by atoms with E-state index in [9.17, 15) is 28.0 Å². The van der Waals surface area contributed by atoms with Crippen molar-refractivity contribution in [2.75, 3.05) is 0 Å². The molecule has 7 unspecified atom stereocenters. The molecular weight excluding hydrogens is 322 g/mol. The summed E-state index contributed by atoms with van der Waals surface area (Å²) in [6, 6.07) is 0. The summed E-state index contributed by atoms with van der Waals surface area (Å²) in [6.45, 7) is 1.10. The number of hydrogen-bond donors (Lipinski definition) is 4. The number of alkyl halides is 2. The van der Waals surface area contributed by atoms with Crippen molar-refractivity contribution in [1.82, 2.24) is 0 Å². The van der Waals surface area contributed by atoms with Gasteiger partial charge in [0, 0.05) is 11.8 Å². The molecule has 7 atom stereocenters. The minimum Gasteiger partial charge on any atom is -0.481 e. The van der Waals surface area contributed by atoms with E-state index in [1.807, 2.05) is 0 Å². The van der Waals surface area contributed by atoms with Gasteiger partial charge < -0.3 is 20.4 Å². The van der Waals surface area contributed by atoms with Crippen LogP contribution in [0.3, 0.4) is 0 Å². The number of carboxylic acids is 4. The van der Waals surface area contributed by atoms with Gasteiger partial charge in [-0.2, -0.15) is 0 Å². The number of aliphatic carboxylic acids is 4. The second-order valence-electron chi connectivity index (χ2n) is 6.07. The maximum atomic E-state index is 14.8. The molecule has 0 heterocycles. The van der Waals surface area contributed by atoms with Crippen molar-refractivity contribution in [3.8, 4) is 0 Å². The number of carboxylic acid groups (broad SMARTS) is 4. The lowest BCUT2D eigenvalue weighted by molar-refractivity contribution is -0.270. The highest BCUT2D eigenvalue weighted by molar-refractivity contribution is 5.95. The Morgan fingerprint density at radius 1 is 0.913 bits per heavy atom. The third-order valence-corrected chi connectivity index (χ3v) is 5.23. The molecule has 2 saturated carbocycles. The SMILES string of the molecule is CC1C(C(=O)O)C(C(=O)O)CC2C1C(F)(C(=O)O)C2(F)C(=O)O. The average molecular weight is 336 g/mol. The van der Waals surface area contributed by atoms with E-state index in [4.69, 9.17) is 20.4 Å². The first-order chi connectivity index (χ1) is 10.4. The molecule has 128 valence electrons. The average Bonchev–Trinajstić information content (AvgIpc) is 2.43. The molecule has 0 aromatic rings. The Labute approximate surface area is 127 Å². The molecule has 2 rings (SSSR count). The number of halogens is 2. The molecule has 0 saturated heterocycles. The zero-order valence-electron chi connectivity index (χ0n) is 11.8. The topological polar surface area (TPSA) is 149 Å². The molecule has 0 aromatic carbocycles. The zero-order chi connectivity index (χ0) is 17.9. The molecule has 0 amide bonds. The molecule has 0 radical (unpaired) electrons. The van der Waals surface area contributed by atoms with Gasteiger partial charge in [-0.3, -0.25) is 9.59 Å². The Bertz CT molecular complexity index is 607. The van der Waals surface area contributed by atoms with E-state index in [1.54, 1.807) is 0 Å². The number of carbonyl (C=O) groups is 4. The molecule has 4 N–H and O–H groups in total. The second-order valence-corrected chi connectivity index (χ2v) is 6.07. The van der Waals surface area contributed by atoms with E-state index < -0.39 is 71.2 Å². The van der Waals surface area contributed by atoms with Gasteiger partial charge >= 0.3 is 23.9 Å². The van der Waals surface area contributed by atoms with Crippen LogP contribution >= 0.6 is 0 Å². The van der Waals surface area contributed by atoms with Gasteiger partial charge in [-0.05, 0) is 12.3 Å². The van der Waals surface area contributed by atoms with Gasteiger partial charge in [0.25, 0.3) is 11.3 Å². The van der Waals surface area contributed by atoms with E-state index in [2.05, 4.69) is 0 Å². The van der Waals surface area contributed by atoms with E-state index >= 15 is 0 Å².